The van der Waals surface area contributed by atoms with Crippen molar-refractivity contribution >= 4 is 43.6 Å². The van der Waals surface area contributed by atoms with E-state index in [1.165, 1.54) is 16.3 Å². The van der Waals surface area contributed by atoms with Crippen LogP contribution in [0.25, 0.3) is 21.8 Å². The Balaban J connectivity index is 1.32. The molecule has 1 aromatic heterocycles. The lowest BCUT2D eigenvalue weighted by Gasteiger charge is -2.30. The first-order chi connectivity index (χ1) is 18.0. The highest BCUT2D eigenvalue weighted by Gasteiger charge is 2.29. The van der Waals surface area contributed by atoms with Crippen LogP contribution in [0.4, 0.5) is 0 Å². The molecular formula is C29H33N3O3S2. The summed E-state index contributed by atoms with van der Waals surface area (Å²) >= 11 is 1.70. The number of sulfonamides is 1. The van der Waals surface area contributed by atoms with Gasteiger partial charge in [-0.2, -0.15) is 4.31 Å². The minimum Gasteiger partial charge on any atom is -0.376 e. The lowest BCUT2D eigenvalue weighted by molar-refractivity contribution is 0.0960. The number of fused-ring (bicyclic) bond motifs is 2. The van der Waals surface area contributed by atoms with Gasteiger partial charge in [0.05, 0.1) is 28.6 Å². The smallest absolute Gasteiger partial charge is 0.243 e. The summed E-state index contributed by atoms with van der Waals surface area (Å²) < 4.78 is 36.7. The van der Waals surface area contributed by atoms with Crippen molar-refractivity contribution in [1.82, 2.24) is 13.9 Å². The van der Waals surface area contributed by atoms with Crippen LogP contribution in [0, 0.1) is 5.92 Å². The van der Waals surface area contributed by atoms with Crippen LogP contribution in [0.15, 0.2) is 70.7 Å². The molecule has 3 aromatic carbocycles. The molecule has 8 heteroatoms. The van der Waals surface area contributed by atoms with E-state index in [-0.39, 0.29) is 6.10 Å². The Bertz CT molecular complexity index is 1530. The third-order valence-electron chi connectivity index (χ3n) is 7.53. The zero-order chi connectivity index (χ0) is 25.4. The summed E-state index contributed by atoms with van der Waals surface area (Å²) in [5.74, 6) is 1.17. The Morgan fingerprint density at radius 2 is 1.89 bits per heavy atom. The van der Waals surface area contributed by atoms with Crippen molar-refractivity contribution in [2.45, 2.75) is 61.1 Å². The van der Waals surface area contributed by atoms with Gasteiger partial charge in [0.1, 0.15) is 0 Å². The van der Waals surface area contributed by atoms with Crippen LogP contribution < -0.4 is 0 Å². The van der Waals surface area contributed by atoms with Gasteiger partial charge in [-0.25, -0.2) is 13.4 Å². The predicted molar refractivity (Wildman–Crippen MR) is 149 cm³/mol. The van der Waals surface area contributed by atoms with Crippen LogP contribution in [-0.4, -0.2) is 48.1 Å². The van der Waals surface area contributed by atoms with Crippen molar-refractivity contribution in [3.63, 3.8) is 0 Å². The second-order valence-corrected chi connectivity index (χ2v) is 13.3. The molecule has 0 bridgehead atoms. The largest absolute Gasteiger partial charge is 0.376 e. The minimum atomic E-state index is -3.54. The fourth-order valence-corrected chi connectivity index (χ4v) is 8.10. The highest BCUT2D eigenvalue weighted by atomic mass is 32.2. The van der Waals surface area contributed by atoms with Crippen molar-refractivity contribution in [3.8, 4) is 0 Å². The van der Waals surface area contributed by atoms with Crippen LogP contribution in [0.5, 0.6) is 0 Å². The molecule has 2 aliphatic rings. The quantitative estimate of drug-likeness (QED) is 0.268. The fourth-order valence-electron chi connectivity index (χ4n) is 5.52. The molecule has 6 nitrogen and oxygen atoms in total. The number of ether oxygens (including phenoxy) is 1. The number of benzene rings is 3. The first-order valence-corrected chi connectivity index (χ1v) is 15.6. The van der Waals surface area contributed by atoms with Crippen LogP contribution in [0.2, 0.25) is 0 Å². The average molecular weight is 536 g/mol. The third kappa shape index (κ3) is 5.17. The lowest BCUT2D eigenvalue weighted by Crippen LogP contribution is -2.39. The summed E-state index contributed by atoms with van der Waals surface area (Å²) in [5.41, 5.74) is 2.93. The van der Waals surface area contributed by atoms with Crippen LogP contribution in [0.3, 0.4) is 0 Å². The van der Waals surface area contributed by atoms with E-state index in [1.54, 1.807) is 28.2 Å². The van der Waals surface area contributed by atoms with Gasteiger partial charge in [-0.05, 0) is 66.1 Å². The van der Waals surface area contributed by atoms with E-state index in [4.69, 9.17) is 9.72 Å². The zero-order valence-electron chi connectivity index (χ0n) is 21.2. The molecule has 194 valence electrons. The number of hydrogen-bond acceptors (Lipinski definition) is 5. The van der Waals surface area contributed by atoms with Gasteiger partial charge in [-0.15, -0.1) is 0 Å². The molecule has 0 saturated carbocycles. The number of nitrogens with zero attached hydrogens (tertiary/aromatic N) is 3. The van der Waals surface area contributed by atoms with Gasteiger partial charge >= 0.3 is 0 Å². The zero-order valence-corrected chi connectivity index (χ0v) is 22.8. The van der Waals surface area contributed by atoms with E-state index in [2.05, 4.69) is 54.0 Å². The summed E-state index contributed by atoms with van der Waals surface area (Å²) in [5, 5.41) is 3.37. The van der Waals surface area contributed by atoms with Gasteiger partial charge in [0.2, 0.25) is 10.0 Å². The number of aromatic nitrogens is 2. The summed E-state index contributed by atoms with van der Waals surface area (Å²) in [6.07, 6.45) is 4.27. The monoisotopic (exact) mass is 535 g/mol. The lowest BCUT2D eigenvalue weighted by atomic mass is 10.0. The molecule has 0 N–H and O–H groups in total. The number of rotatable bonds is 7. The maximum Gasteiger partial charge on any atom is 0.243 e. The normalized spacial score (nSPS) is 21.2. The van der Waals surface area contributed by atoms with Crippen LogP contribution in [-0.2, 0) is 27.1 Å². The van der Waals surface area contributed by atoms with Gasteiger partial charge < -0.3 is 9.30 Å². The maximum absolute atomic E-state index is 13.4. The molecule has 6 rings (SSSR count). The van der Waals surface area contributed by atoms with E-state index in [9.17, 15) is 8.42 Å². The average Bonchev–Trinajstić information content (AvgIpc) is 3.55. The SMILES string of the molecule is C[C@H]1CCCN(S(=O)(=O)c2ccc3c(c2)nc(SCc2ccc4ccccc4c2)n3C[C@@H]2CCCO2)C1. The van der Waals surface area contributed by atoms with Gasteiger partial charge in [-0.3, -0.25) is 0 Å². The Labute approximate surface area is 223 Å². The fraction of sp³-hybridized carbons (Fsp3) is 0.414. The molecule has 0 aliphatic carbocycles. The van der Waals surface area contributed by atoms with Gasteiger partial charge in [0.15, 0.2) is 5.16 Å². The molecule has 0 spiro atoms. The summed E-state index contributed by atoms with van der Waals surface area (Å²) in [6.45, 7) is 4.82. The summed E-state index contributed by atoms with van der Waals surface area (Å²) in [4.78, 5) is 5.29. The third-order valence-corrected chi connectivity index (χ3v) is 10.4. The van der Waals surface area contributed by atoms with Gasteiger partial charge in [-0.1, -0.05) is 61.2 Å². The number of piperidine rings is 1. The molecular weight excluding hydrogens is 502 g/mol. The Morgan fingerprint density at radius 1 is 1.03 bits per heavy atom. The highest BCUT2D eigenvalue weighted by molar-refractivity contribution is 7.98. The van der Waals surface area contributed by atoms with Crippen molar-refractivity contribution in [2.75, 3.05) is 19.7 Å². The number of hydrogen-bond donors (Lipinski definition) is 0. The van der Waals surface area contributed by atoms with E-state index in [1.807, 2.05) is 6.07 Å². The molecule has 0 amide bonds. The number of imidazole rings is 1. The molecule has 2 fully saturated rings. The Kier molecular flexibility index (Phi) is 7.01. The molecule has 2 aliphatic heterocycles. The van der Waals surface area contributed by atoms with Gasteiger partial charge in [0.25, 0.3) is 0 Å². The molecule has 3 heterocycles. The molecule has 0 radical (unpaired) electrons. The van der Waals surface area contributed by atoms with E-state index in [0.717, 1.165) is 60.8 Å². The van der Waals surface area contributed by atoms with Crippen LogP contribution in [0.1, 0.15) is 38.2 Å². The van der Waals surface area contributed by atoms with Crippen molar-refractivity contribution in [1.29, 1.82) is 0 Å². The Hall–Kier alpha value is -2.39. The van der Waals surface area contributed by atoms with Crippen molar-refractivity contribution in [2.24, 2.45) is 5.92 Å². The molecule has 2 atom stereocenters. The highest BCUT2D eigenvalue weighted by Crippen LogP contribution is 2.32. The minimum absolute atomic E-state index is 0.163. The first kappa shape index (κ1) is 24.9. The summed E-state index contributed by atoms with van der Waals surface area (Å²) in [7, 11) is -3.54. The maximum atomic E-state index is 13.4. The number of thioether (sulfide) groups is 1. The topological polar surface area (TPSA) is 64.4 Å². The molecule has 0 unspecified atom stereocenters. The molecule has 37 heavy (non-hydrogen) atoms. The second kappa shape index (κ2) is 10.4. The van der Waals surface area contributed by atoms with Crippen molar-refractivity contribution < 1.29 is 13.2 Å². The van der Waals surface area contributed by atoms with E-state index in [0.29, 0.717) is 23.9 Å². The Morgan fingerprint density at radius 3 is 2.70 bits per heavy atom. The first-order valence-electron chi connectivity index (χ1n) is 13.2. The standard InChI is InChI=1S/C29H33N3O3S2/c1-21-6-4-14-31(18-21)37(33,34)26-12-13-28-27(17-26)30-29(32(28)19-25-9-5-15-35-25)36-20-22-10-11-23-7-2-3-8-24(23)16-22/h2-3,7-8,10-13,16-17,21,25H,4-6,9,14-15,18-20H2,1H3/t21-,25-/m0/s1. The van der Waals surface area contributed by atoms with Crippen LogP contribution >= 0.6 is 11.8 Å². The van der Waals surface area contributed by atoms with E-state index < -0.39 is 10.0 Å². The predicted octanol–water partition coefficient (Wildman–Crippen LogP) is 6.08. The van der Waals surface area contributed by atoms with Crippen molar-refractivity contribution in [3.05, 3.63) is 66.2 Å². The van der Waals surface area contributed by atoms with E-state index >= 15 is 0 Å². The summed E-state index contributed by atoms with van der Waals surface area (Å²) in [6, 6.07) is 20.4. The molecule has 2 saturated heterocycles. The van der Waals surface area contributed by atoms with Gasteiger partial charge in [0, 0.05) is 25.4 Å². The second-order valence-electron chi connectivity index (χ2n) is 10.4. The molecule has 4 aromatic rings.